The van der Waals surface area contributed by atoms with Crippen molar-refractivity contribution in [1.82, 2.24) is 0 Å². The molecule has 1 N–H and O–H groups in total. The van der Waals surface area contributed by atoms with Gasteiger partial charge in [0.1, 0.15) is 0 Å². The average Bonchev–Trinajstić information content (AvgIpc) is 2.04. The molecule has 0 saturated carbocycles. The molecule has 13 heavy (non-hydrogen) atoms. The van der Waals surface area contributed by atoms with E-state index in [9.17, 15) is 14.4 Å². The highest BCUT2D eigenvalue weighted by Gasteiger charge is 2.43. The van der Waals surface area contributed by atoms with Crippen LogP contribution in [0.5, 0.6) is 0 Å². The van der Waals surface area contributed by atoms with Gasteiger partial charge in [0, 0.05) is 12.3 Å². The summed E-state index contributed by atoms with van der Waals surface area (Å²) in [6, 6.07) is 0. The molecule has 68 valence electrons. The van der Waals surface area contributed by atoms with Crippen LogP contribution in [0.3, 0.4) is 0 Å². The number of aliphatic carboxylic acids is 1. The van der Waals surface area contributed by atoms with Gasteiger partial charge in [0.05, 0.1) is 0 Å². The molecule has 1 aliphatic rings. The molecule has 1 atom stereocenters. The number of aliphatic imine (C=N–C) groups is 1. The molecule has 0 aliphatic carbocycles. The van der Waals surface area contributed by atoms with Crippen molar-refractivity contribution in [3.05, 3.63) is 12.2 Å². The van der Waals surface area contributed by atoms with Gasteiger partial charge in [0.25, 0.3) is 5.91 Å². The highest BCUT2D eigenvalue weighted by molar-refractivity contribution is 6.68. The standard InChI is InChI=1S/C7H4ClNO4/c8-5(11)7(6(12)13)2-1-4(10)9-3-7/h1-3H,(H,12,13). The summed E-state index contributed by atoms with van der Waals surface area (Å²) in [5, 5.41) is 7.58. The van der Waals surface area contributed by atoms with E-state index in [4.69, 9.17) is 16.7 Å². The van der Waals surface area contributed by atoms with E-state index in [2.05, 4.69) is 4.99 Å². The van der Waals surface area contributed by atoms with Gasteiger partial charge in [-0.3, -0.25) is 14.4 Å². The predicted molar refractivity (Wildman–Crippen MR) is 43.6 cm³/mol. The molecule has 1 aliphatic heterocycles. The molecule has 1 amide bonds. The van der Waals surface area contributed by atoms with Crippen LogP contribution in [-0.2, 0) is 14.4 Å². The Morgan fingerprint density at radius 2 is 2.15 bits per heavy atom. The van der Waals surface area contributed by atoms with E-state index in [1.165, 1.54) is 0 Å². The fourth-order valence-electron chi connectivity index (χ4n) is 0.781. The summed E-state index contributed by atoms with van der Waals surface area (Å²) in [7, 11) is 0. The summed E-state index contributed by atoms with van der Waals surface area (Å²) in [5.41, 5.74) is -1.99. The molecule has 0 aromatic carbocycles. The first kappa shape index (κ1) is 9.60. The zero-order chi connectivity index (χ0) is 10.1. The van der Waals surface area contributed by atoms with Crippen LogP contribution in [0.2, 0.25) is 0 Å². The Morgan fingerprint density at radius 3 is 2.46 bits per heavy atom. The number of dihydropyridines is 1. The number of halogens is 1. The molecule has 0 saturated heterocycles. The van der Waals surface area contributed by atoms with Gasteiger partial charge in [-0.05, 0) is 17.7 Å². The molecule has 0 fully saturated rings. The van der Waals surface area contributed by atoms with Gasteiger partial charge in [-0.15, -0.1) is 0 Å². The van der Waals surface area contributed by atoms with Crippen molar-refractivity contribution in [3.63, 3.8) is 0 Å². The van der Waals surface area contributed by atoms with Gasteiger partial charge in [0.15, 0.2) is 5.41 Å². The average molecular weight is 202 g/mol. The third-order valence-corrected chi connectivity index (χ3v) is 1.88. The minimum atomic E-state index is -1.99. The second-order valence-electron chi connectivity index (χ2n) is 2.38. The Kier molecular flexibility index (Phi) is 2.29. The van der Waals surface area contributed by atoms with E-state index in [0.29, 0.717) is 0 Å². The van der Waals surface area contributed by atoms with Crippen LogP contribution in [0, 0.1) is 5.41 Å². The third kappa shape index (κ3) is 1.50. The molecule has 1 rings (SSSR count). The van der Waals surface area contributed by atoms with Crippen LogP contribution in [0.25, 0.3) is 0 Å². The first-order chi connectivity index (χ1) is 5.99. The van der Waals surface area contributed by atoms with Gasteiger partial charge in [0.2, 0.25) is 5.24 Å². The molecule has 0 spiro atoms. The van der Waals surface area contributed by atoms with E-state index in [0.717, 1.165) is 18.4 Å². The summed E-state index contributed by atoms with van der Waals surface area (Å²) in [4.78, 5) is 35.2. The third-order valence-electron chi connectivity index (χ3n) is 1.56. The van der Waals surface area contributed by atoms with Gasteiger partial charge < -0.3 is 5.11 Å². The van der Waals surface area contributed by atoms with Crippen LogP contribution in [0.4, 0.5) is 0 Å². The molecule has 0 aromatic rings. The highest BCUT2D eigenvalue weighted by Crippen LogP contribution is 2.23. The van der Waals surface area contributed by atoms with Crippen molar-refractivity contribution >= 4 is 34.9 Å². The van der Waals surface area contributed by atoms with E-state index in [1.807, 2.05) is 0 Å². The van der Waals surface area contributed by atoms with Gasteiger partial charge in [-0.2, -0.15) is 0 Å². The number of carbonyl (C=O) groups excluding carboxylic acids is 2. The molecule has 5 nitrogen and oxygen atoms in total. The summed E-state index contributed by atoms with van der Waals surface area (Å²) in [6.45, 7) is 0. The molecule has 1 heterocycles. The van der Waals surface area contributed by atoms with E-state index in [-0.39, 0.29) is 0 Å². The Morgan fingerprint density at radius 1 is 1.54 bits per heavy atom. The molecular weight excluding hydrogens is 198 g/mol. The molecule has 0 bridgehead atoms. The van der Waals surface area contributed by atoms with Crippen molar-refractivity contribution < 1.29 is 19.5 Å². The van der Waals surface area contributed by atoms with E-state index < -0.39 is 22.5 Å². The monoisotopic (exact) mass is 201 g/mol. The number of hydrogen-bond acceptors (Lipinski definition) is 3. The lowest BCUT2D eigenvalue weighted by Gasteiger charge is -2.17. The van der Waals surface area contributed by atoms with E-state index in [1.54, 1.807) is 0 Å². The molecule has 1 unspecified atom stereocenters. The topological polar surface area (TPSA) is 83.8 Å². The SMILES string of the molecule is O=C1C=CC(C(=O)O)(C(=O)Cl)C=N1. The zero-order valence-electron chi connectivity index (χ0n) is 6.23. The van der Waals surface area contributed by atoms with Crippen molar-refractivity contribution in [2.45, 2.75) is 0 Å². The van der Waals surface area contributed by atoms with Crippen molar-refractivity contribution in [2.24, 2.45) is 10.4 Å². The first-order valence-corrected chi connectivity index (χ1v) is 3.58. The quantitative estimate of drug-likeness (QED) is 0.503. The predicted octanol–water partition coefficient (Wildman–Crippen LogP) is -0.0100. The fourth-order valence-corrected chi connectivity index (χ4v) is 0.974. The molecular formula is C7H4ClNO4. The molecule has 6 heteroatoms. The lowest BCUT2D eigenvalue weighted by atomic mass is 9.89. The number of amides is 1. The minimum Gasteiger partial charge on any atom is -0.480 e. The number of carbonyl (C=O) groups is 3. The minimum absolute atomic E-state index is 0.616. The Hall–Kier alpha value is -1.49. The van der Waals surface area contributed by atoms with Gasteiger partial charge in [-0.25, -0.2) is 4.99 Å². The maximum absolute atomic E-state index is 10.8. The van der Waals surface area contributed by atoms with E-state index >= 15 is 0 Å². The smallest absolute Gasteiger partial charge is 0.328 e. The van der Waals surface area contributed by atoms with Gasteiger partial charge in [-0.1, -0.05) is 0 Å². The molecule has 0 radical (unpaired) electrons. The maximum atomic E-state index is 10.8. The normalized spacial score (nSPS) is 26.1. The number of carboxylic acid groups (broad SMARTS) is 1. The summed E-state index contributed by atoms with van der Waals surface area (Å²) >= 11 is 5.08. The van der Waals surface area contributed by atoms with Crippen molar-refractivity contribution in [2.75, 3.05) is 0 Å². The van der Waals surface area contributed by atoms with Crippen LogP contribution in [0.15, 0.2) is 17.1 Å². The summed E-state index contributed by atoms with van der Waals surface area (Å²) < 4.78 is 0. The van der Waals surface area contributed by atoms with Crippen molar-refractivity contribution in [3.8, 4) is 0 Å². The Bertz CT molecular complexity index is 312. The highest BCUT2D eigenvalue weighted by atomic mass is 35.5. The van der Waals surface area contributed by atoms with Gasteiger partial charge >= 0.3 is 5.97 Å². The number of nitrogens with zero attached hydrogens (tertiary/aromatic N) is 1. The summed E-state index contributed by atoms with van der Waals surface area (Å²) in [5.74, 6) is -2.07. The second-order valence-corrected chi connectivity index (χ2v) is 2.72. The first-order valence-electron chi connectivity index (χ1n) is 3.21. The Balaban J connectivity index is 3.16. The van der Waals surface area contributed by atoms with Crippen LogP contribution in [0.1, 0.15) is 0 Å². The second kappa shape index (κ2) is 3.10. The number of hydrogen-bond donors (Lipinski definition) is 1. The summed E-state index contributed by atoms with van der Waals surface area (Å²) in [6.07, 6.45) is 2.54. The van der Waals surface area contributed by atoms with Crippen LogP contribution >= 0.6 is 11.6 Å². The fraction of sp³-hybridized carbons (Fsp3) is 0.143. The zero-order valence-corrected chi connectivity index (χ0v) is 6.99. The van der Waals surface area contributed by atoms with Crippen molar-refractivity contribution in [1.29, 1.82) is 0 Å². The number of carboxylic acids is 1. The molecule has 0 aromatic heterocycles. The maximum Gasteiger partial charge on any atom is 0.328 e. The van der Waals surface area contributed by atoms with Crippen LogP contribution in [-0.4, -0.2) is 28.4 Å². The number of rotatable bonds is 2. The largest absolute Gasteiger partial charge is 0.480 e. The Labute approximate surface area is 77.7 Å². The lowest BCUT2D eigenvalue weighted by molar-refractivity contribution is -0.145. The lowest BCUT2D eigenvalue weighted by Crippen LogP contribution is -2.38. The van der Waals surface area contributed by atoms with Crippen LogP contribution < -0.4 is 0 Å².